The van der Waals surface area contributed by atoms with Gasteiger partial charge in [0.2, 0.25) is 0 Å². The van der Waals surface area contributed by atoms with Gasteiger partial charge in [0.1, 0.15) is 23.0 Å². The number of hydrogen-bond donors (Lipinski definition) is 3. The molecule has 2 aliphatic heterocycles. The second-order valence-corrected chi connectivity index (χ2v) is 6.71. The molecule has 3 aromatic rings. The van der Waals surface area contributed by atoms with Crippen LogP contribution in [0.3, 0.4) is 0 Å². The maximum atomic E-state index is 12.7. The minimum absolute atomic E-state index is 0.0151. The van der Waals surface area contributed by atoms with Crippen LogP contribution in [0.2, 0.25) is 0 Å². The van der Waals surface area contributed by atoms with Crippen molar-refractivity contribution in [2.75, 3.05) is 5.73 Å². The van der Waals surface area contributed by atoms with Gasteiger partial charge in [0, 0.05) is 23.3 Å². The SMILES string of the molecule is Cc1c(N)c(O)cc2c1C1(OC(=O)c3ccccc31)c1ccc(O)cc1O2. The van der Waals surface area contributed by atoms with Crippen LogP contribution >= 0.6 is 0 Å². The van der Waals surface area contributed by atoms with E-state index in [4.69, 9.17) is 15.2 Å². The first-order valence-corrected chi connectivity index (χ1v) is 8.40. The highest BCUT2D eigenvalue weighted by Gasteiger charge is 2.54. The molecule has 1 atom stereocenters. The lowest BCUT2D eigenvalue weighted by Gasteiger charge is -2.38. The van der Waals surface area contributed by atoms with E-state index in [0.717, 1.165) is 0 Å². The van der Waals surface area contributed by atoms with Gasteiger partial charge in [-0.3, -0.25) is 0 Å². The number of hydrogen-bond acceptors (Lipinski definition) is 6. The van der Waals surface area contributed by atoms with E-state index in [1.54, 1.807) is 25.1 Å². The molecule has 0 radical (unpaired) electrons. The Morgan fingerprint density at radius 2 is 1.78 bits per heavy atom. The fraction of sp³-hybridized carbons (Fsp3) is 0.0952. The smallest absolute Gasteiger partial charge is 0.340 e. The lowest BCUT2D eigenvalue weighted by molar-refractivity contribution is 0.0222. The Balaban J connectivity index is 1.96. The molecule has 0 aromatic heterocycles. The van der Waals surface area contributed by atoms with Crippen molar-refractivity contribution in [2.45, 2.75) is 12.5 Å². The fourth-order valence-electron chi connectivity index (χ4n) is 4.05. The summed E-state index contributed by atoms with van der Waals surface area (Å²) in [5.41, 5.74) is 7.83. The van der Waals surface area contributed by atoms with Gasteiger partial charge in [-0.1, -0.05) is 18.2 Å². The maximum Gasteiger partial charge on any atom is 0.340 e. The molecule has 27 heavy (non-hydrogen) atoms. The number of fused-ring (bicyclic) bond motifs is 6. The van der Waals surface area contributed by atoms with Crippen LogP contribution in [0.5, 0.6) is 23.0 Å². The predicted octanol–water partition coefficient (Wildman–Crippen LogP) is 3.56. The van der Waals surface area contributed by atoms with Crippen LogP contribution < -0.4 is 10.5 Å². The van der Waals surface area contributed by atoms with Gasteiger partial charge in [0.05, 0.1) is 16.8 Å². The van der Waals surface area contributed by atoms with Gasteiger partial charge < -0.3 is 25.4 Å². The second-order valence-electron chi connectivity index (χ2n) is 6.71. The van der Waals surface area contributed by atoms with Crippen molar-refractivity contribution in [3.8, 4) is 23.0 Å². The summed E-state index contributed by atoms with van der Waals surface area (Å²) in [5.74, 6) is 0.102. The third-order valence-electron chi connectivity index (χ3n) is 5.26. The number of carbonyl (C=O) groups excluding carboxylic acids is 1. The number of anilines is 1. The molecule has 0 saturated heterocycles. The van der Waals surface area contributed by atoms with Crippen LogP contribution in [0, 0.1) is 6.92 Å². The standard InChI is InChI=1S/C21H15NO5/c1-10-18-17(9-15(24)19(10)22)26-16-8-11(23)6-7-14(16)21(18)13-5-3-2-4-12(13)20(25)27-21/h2-9,23-24H,22H2,1H3. The lowest BCUT2D eigenvalue weighted by atomic mass is 9.75. The van der Waals surface area contributed by atoms with Crippen molar-refractivity contribution >= 4 is 11.7 Å². The monoisotopic (exact) mass is 361 g/mol. The molecule has 5 rings (SSSR count). The Kier molecular flexibility index (Phi) is 2.85. The van der Waals surface area contributed by atoms with Crippen molar-refractivity contribution in [3.63, 3.8) is 0 Å². The van der Waals surface area contributed by atoms with Crippen molar-refractivity contribution in [1.29, 1.82) is 0 Å². The summed E-state index contributed by atoms with van der Waals surface area (Å²) in [5, 5.41) is 20.1. The zero-order valence-corrected chi connectivity index (χ0v) is 14.3. The first kappa shape index (κ1) is 15.6. The third-order valence-corrected chi connectivity index (χ3v) is 5.26. The summed E-state index contributed by atoms with van der Waals surface area (Å²) in [6.45, 7) is 1.75. The van der Waals surface area contributed by atoms with E-state index in [-0.39, 0.29) is 17.2 Å². The van der Waals surface area contributed by atoms with Crippen molar-refractivity contribution in [3.05, 3.63) is 76.3 Å². The highest BCUT2D eigenvalue weighted by Crippen LogP contribution is 2.58. The van der Waals surface area contributed by atoms with Crippen molar-refractivity contribution in [2.24, 2.45) is 0 Å². The number of nitrogen functional groups attached to an aromatic ring is 1. The van der Waals surface area contributed by atoms with Crippen LogP contribution in [-0.2, 0) is 10.3 Å². The minimum atomic E-state index is -1.27. The van der Waals surface area contributed by atoms with Gasteiger partial charge in [0.25, 0.3) is 0 Å². The Morgan fingerprint density at radius 1 is 1.00 bits per heavy atom. The zero-order chi connectivity index (χ0) is 18.9. The summed E-state index contributed by atoms with van der Waals surface area (Å²) >= 11 is 0. The molecule has 1 unspecified atom stereocenters. The van der Waals surface area contributed by atoms with E-state index in [9.17, 15) is 15.0 Å². The average Bonchev–Trinajstić information content (AvgIpc) is 2.93. The number of rotatable bonds is 0. The Labute approximate surface area is 154 Å². The van der Waals surface area contributed by atoms with E-state index in [2.05, 4.69) is 0 Å². The number of nitrogens with two attached hydrogens (primary N) is 1. The molecular weight excluding hydrogens is 346 g/mol. The number of carbonyl (C=O) groups is 1. The molecule has 0 fully saturated rings. The summed E-state index contributed by atoms with van der Waals surface area (Å²) in [6.07, 6.45) is 0. The highest BCUT2D eigenvalue weighted by molar-refractivity contribution is 5.97. The summed E-state index contributed by atoms with van der Waals surface area (Å²) in [6, 6.07) is 13.2. The largest absolute Gasteiger partial charge is 0.508 e. The number of ether oxygens (including phenoxy) is 2. The molecule has 4 N–H and O–H groups in total. The van der Waals surface area contributed by atoms with Crippen LogP contribution in [-0.4, -0.2) is 16.2 Å². The van der Waals surface area contributed by atoms with E-state index in [0.29, 0.717) is 39.3 Å². The van der Waals surface area contributed by atoms with Gasteiger partial charge in [-0.15, -0.1) is 0 Å². The fourth-order valence-corrected chi connectivity index (χ4v) is 4.05. The first-order chi connectivity index (χ1) is 12.9. The lowest BCUT2D eigenvalue weighted by Crippen LogP contribution is -2.34. The Hall–Kier alpha value is -3.67. The quantitative estimate of drug-likeness (QED) is 0.321. The second kappa shape index (κ2) is 4.94. The van der Waals surface area contributed by atoms with Crippen molar-refractivity contribution < 1.29 is 24.5 Å². The van der Waals surface area contributed by atoms with Gasteiger partial charge in [-0.05, 0) is 30.7 Å². The molecule has 1 spiro atoms. The number of phenols is 2. The number of benzene rings is 3. The topological polar surface area (TPSA) is 102 Å². The van der Waals surface area contributed by atoms with Gasteiger partial charge in [0.15, 0.2) is 5.60 Å². The highest BCUT2D eigenvalue weighted by atomic mass is 16.6. The predicted molar refractivity (Wildman–Crippen MR) is 97.2 cm³/mol. The minimum Gasteiger partial charge on any atom is -0.508 e. The summed E-state index contributed by atoms with van der Waals surface area (Å²) in [7, 11) is 0. The molecule has 6 heteroatoms. The van der Waals surface area contributed by atoms with E-state index >= 15 is 0 Å². The molecule has 2 heterocycles. The van der Waals surface area contributed by atoms with E-state index < -0.39 is 11.6 Å². The van der Waals surface area contributed by atoms with Gasteiger partial charge in [-0.2, -0.15) is 0 Å². The zero-order valence-electron chi connectivity index (χ0n) is 14.3. The van der Waals surface area contributed by atoms with Crippen LogP contribution in [0.1, 0.15) is 32.6 Å². The van der Waals surface area contributed by atoms with Crippen LogP contribution in [0.25, 0.3) is 0 Å². The normalized spacial score (nSPS) is 19.1. The maximum absolute atomic E-state index is 12.7. The third kappa shape index (κ3) is 1.81. The molecular formula is C21H15NO5. The molecule has 2 aliphatic rings. The molecule has 0 bridgehead atoms. The number of phenolic OH excluding ortho intramolecular Hbond substituents is 2. The average molecular weight is 361 g/mol. The molecule has 0 aliphatic carbocycles. The molecule has 0 amide bonds. The Bertz CT molecular complexity index is 1150. The van der Waals surface area contributed by atoms with E-state index in [1.165, 1.54) is 18.2 Å². The molecule has 3 aromatic carbocycles. The number of aromatic hydroxyl groups is 2. The first-order valence-electron chi connectivity index (χ1n) is 8.40. The van der Waals surface area contributed by atoms with Gasteiger partial charge >= 0.3 is 5.97 Å². The van der Waals surface area contributed by atoms with Crippen LogP contribution in [0.15, 0.2) is 48.5 Å². The van der Waals surface area contributed by atoms with Crippen LogP contribution in [0.4, 0.5) is 5.69 Å². The van der Waals surface area contributed by atoms with Gasteiger partial charge in [-0.25, -0.2) is 4.79 Å². The van der Waals surface area contributed by atoms with E-state index in [1.807, 2.05) is 12.1 Å². The molecule has 0 saturated carbocycles. The Morgan fingerprint density at radius 3 is 2.59 bits per heavy atom. The van der Waals surface area contributed by atoms with Crippen molar-refractivity contribution in [1.82, 2.24) is 0 Å². The summed E-state index contributed by atoms with van der Waals surface area (Å²) < 4.78 is 11.9. The summed E-state index contributed by atoms with van der Waals surface area (Å²) in [4.78, 5) is 12.7. The number of esters is 1. The molecule has 6 nitrogen and oxygen atoms in total. The molecule has 134 valence electrons.